The van der Waals surface area contributed by atoms with Crippen molar-refractivity contribution in [3.05, 3.63) is 53.3 Å². The summed E-state index contributed by atoms with van der Waals surface area (Å²) in [7, 11) is 0. The van der Waals surface area contributed by atoms with Gasteiger partial charge in [-0.2, -0.15) is 26.3 Å². The molecule has 2 fully saturated rings. The number of likely N-dealkylation sites (tertiary alicyclic amines) is 1. The summed E-state index contributed by atoms with van der Waals surface area (Å²) in [6, 6.07) is 7.31. The zero-order valence-electron chi connectivity index (χ0n) is 16.6. The van der Waals surface area contributed by atoms with Crippen LogP contribution in [-0.2, 0) is 11.0 Å². The van der Waals surface area contributed by atoms with Crippen LogP contribution in [0.25, 0.3) is 11.1 Å². The molecular formula is C22H20F6N2O. The molecule has 2 aliphatic rings. The minimum Gasteiger partial charge on any atom is -0.341 e. The number of carbonyl (C=O) groups is 1. The number of alkyl halides is 6. The van der Waals surface area contributed by atoms with E-state index in [0.717, 1.165) is 11.0 Å². The minimum atomic E-state index is -4.64. The quantitative estimate of drug-likeness (QED) is 0.569. The van der Waals surface area contributed by atoms with Gasteiger partial charge in [-0.1, -0.05) is 12.1 Å². The van der Waals surface area contributed by atoms with E-state index in [-0.39, 0.29) is 37.9 Å². The Hall–Kier alpha value is -2.58. The number of rotatable bonds is 3. The molecular weight excluding hydrogens is 422 g/mol. The summed E-state index contributed by atoms with van der Waals surface area (Å²) in [5.74, 6) is -1.68. The Balaban J connectivity index is 1.62. The lowest BCUT2D eigenvalue weighted by molar-refractivity contribution is -0.197. The highest BCUT2D eigenvalue weighted by atomic mass is 19.4. The van der Waals surface area contributed by atoms with Crippen molar-refractivity contribution in [1.29, 1.82) is 0 Å². The van der Waals surface area contributed by atoms with Crippen LogP contribution in [0.2, 0.25) is 0 Å². The Morgan fingerprint density at radius 3 is 2.32 bits per heavy atom. The van der Waals surface area contributed by atoms with Crippen molar-refractivity contribution in [2.24, 2.45) is 5.41 Å². The van der Waals surface area contributed by atoms with E-state index in [1.54, 1.807) is 25.1 Å². The van der Waals surface area contributed by atoms with Crippen LogP contribution >= 0.6 is 0 Å². The van der Waals surface area contributed by atoms with Crippen LogP contribution in [0.15, 0.2) is 36.5 Å². The summed E-state index contributed by atoms with van der Waals surface area (Å²) in [6.45, 7) is 1.61. The molecule has 2 aromatic rings. The van der Waals surface area contributed by atoms with E-state index in [1.807, 2.05) is 0 Å². The van der Waals surface area contributed by atoms with Gasteiger partial charge >= 0.3 is 12.4 Å². The normalized spacial score (nSPS) is 20.7. The molecule has 2 heterocycles. The van der Waals surface area contributed by atoms with Gasteiger partial charge < -0.3 is 4.90 Å². The standard InChI is InChI=1S/C22H20F6N2O/c1-13-10-15(4-8-29-13)14-2-3-17(18(11-14)21(23,24)25)16-5-9-30(12-16)19(31)20(6-7-20)22(26,27)28/h2-4,8,10-11,16H,5-7,9,12H2,1H3. The first-order valence-corrected chi connectivity index (χ1v) is 9.93. The van der Waals surface area contributed by atoms with Crippen LogP contribution in [0, 0.1) is 12.3 Å². The van der Waals surface area contributed by atoms with E-state index in [0.29, 0.717) is 16.8 Å². The number of nitrogens with zero attached hydrogens (tertiary/aromatic N) is 2. The highest BCUT2D eigenvalue weighted by Gasteiger charge is 2.69. The molecule has 1 aromatic carbocycles. The first kappa shape index (κ1) is 21.6. The van der Waals surface area contributed by atoms with Crippen molar-refractivity contribution in [3.8, 4) is 11.1 Å². The van der Waals surface area contributed by atoms with Gasteiger partial charge in [0.05, 0.1) is 5.56 Å². The van der Waals surface area contributed by atoms with Crippen molar-refractivity contribution in [1.82, 2.24) is 9.88 Å². The second kappa shape index (κ2) is 7.24. The summed E-state index contributed by atoms with van der Waals surface area (Å²) < 4.78 is 81.4. The van der Waals surface area contributed by atoms with Crippen molar-refractivity contribution in [2.45, 2.75) is 44.5 Å². The van der Waals surface area contributed by atoms with Gasteiger partial charge in [-0.15, -0.1) is 0 Å². The Bertz CT molecular complexity index is 1010. The molecule has 0 N–H and O–H groups in total. The van der Waals surface area contributed by atoms with Crippen LogP contribution in [0.3, 0.4) is 0 Å². The summed E-state index contributed by atoms with van der Waals surface area (Å²) in [5, 5.41) is 0. The molecule has 1 aliphatic carbocycles. The van der Waals surface area contributed by atoms with Gasteiger partial charge in [0.25, 0.3) is 0 Å². The molecule has 1 amide bonds. The zero-order chi connectivity index (χ0) is 22.6. The smallest absolute Gasteiger partial charge is 0.341 e. The molecule has 9 heteroatoms. The zero-order valence-corrected chi connectivity index (χ0v) is 16.6. The van der Waals surface area contributed by atoms with E-state index in [4.69, 9.17) is 0 Å². The maximum atomic E-state index is 13.8. The molecule has 3 nitrogen and oxygen atoms in total. The summed E-state index contributed by atoms with van der Waals surface area (Å²) >= 11 is 0. The first-order chi connectivity index (χ1) is 14.4. The summed E-state index contributed by atoms with van der Waals surface area (Å²) in [4.78, 5) is 17.6. The first-order valence-electron chi connectivity index (χ1n) is 9.93. The number of hydrogen-bond acceptors (Lipinski definition) is 2. The topological polar surface area (TPSA) is 33.2 Å². The molecule has 1 atom stereocenters. The largest absolute Gasteiger partial charge is 0.416 e. The maximum Gasteiger partial charge on any atom is 0.416 e. The molecule has 1 saturated carbocycles. The van der Waals surface area contributed by atoms with Crippen LogP contribution in [0.1, 0.15) is 42.0 Å². The van der Waals surface area contributed by atoms with Crippen LogP contribution in [0.4, 0.5) is 26.3 Å². The third-order valence-corrected chi connectivity index (χ3v) is 6.21. The lowest BCUT2D eigenvalue weighted by atomic mass is 9.90. The highest BCUT2D eigenvalue weighted by molar-refractivity contribution is 5.86. The second-order valence-electron chi connectivity index (χ2n) is 8.30. The molecule has 1 saturated heterocycles. The number of halogens is 6. The lowest BCUT2D eigenvalue weighted by Gasteiger charge is -2.25. The van der Waals surface area contributed by atoms with Crippen LogP contribution in [-0.4, -0.2) is 35.1 Å². The predicted octanol–water partition coefficient (Wildman–Crippen LogP) is 5.73. The van der Waals surface area contributed by atoms with Gasteiger partial charge in [-0.3, -0.25) is 9.78 Å². The Morgan fingerprint density at radius 2 is 1.74 bits per heavy atom. The van der Waals surface area contributed by atoms with E-state index in [2.05, 4.69) is 4.98 Å². The van der Waals surface area contributed by atoms with Gasteiger partial charge in [0.15, 0.2) is 0 Å². The van der Waals surface area contributed by atoms with Gasteiger partial charge in [0.1, 0.15) is 5.41 Å². The Morgan fingerprint density at radius 1 is 1.06 bits per heavy atom. The Labute approximate surface area is 175 Å². The number of benzene rings is 1. The van der Waals surface area contributed by atoms with Crippen LogP contribution in [0.5, 0.6) is 0 Å². The number of pyridine rings is 1. The van der Waals surface area contributed by atoms with Crippen LogP contribution < -0.4 is 0 Å². The monoisotopic (exact) mass is 442 g/mol. The van der Waals surface area contributed by atoms with Crippen molar-refractivity contribution in [2.75, 3.05) is 13.1 Å². The van der Waals surface area contributed by atoms with Crippen molar-refractivity contribution < 1.29 is 31.1 Å². The van der Waals surface area contributed by atoms with E-state index in [1.165, 1.54) is 12.3 Å². The molecule has 31 heavy (non-hydrogen) atoms. The van der Waals surface area contributed by atoms with Gasteiger partial charge in [-0.05, 0) is 61.1 Å². The van der Waals surface area contributed by atoms with Gasteiger partial charge in [0, 0.05) is 30.9 Å². The van der Waals surface area contributed by atoms with E-state index in [9.17, 15) is 31.1 Å². The molecule has 0 bridgehead atoms. The van der Waals surface area contributed by atoms with Crippen molar-refractivity contribution in [3.63, 3.8) is 0 Å². The number of carbonyl (C=O) groups excluding carboxylic acids is 1. The van der Waals surface area contributed by atoms with Gasteiger partial charge in [0.2, 0.25) is 5.91 Å². The fourth-order valence-corrected chi connectivity index (χ4v) is 4.31. The SMILES string of the molecule is Cc1cc(-c2ccc(C3CCN(C(=O)C4(C(F)(F)F)CC4)C3)c(C(F)(F)F)c2)ccn1. The third kappa shape index (κ3) is 3.90. The lowest BCUT2D eigenvalue weighted by Crippen LogP contribution is -2.43. The predicted molar refractivity (Wildman–Crippen MR) is 101 cm³/mol. The third-order valence-electron chi connectivity index (χ3n) is 6.21. The molecule has 0 radical (unpaired) electrons. The fraction of sp³-hybridized carbons (Fsp3) is 0.455. The Kier molecular flexibility index (Phi) is 5.05. The summed E-state index contributed by atoms with van der Waals surface area (Å²) in [6.07, 6.45) is -8.08. The van der Waals surface area contributed by atoms with E-state index >= 15 is 0 Å². The van der Waals surface area contributed by atoms with Crippen molar-refractivity contribution >= 4 is 5.91 Å². The fourth-order valence-electron chi connectivity index (χ4n) is 4.31. The van der Waals surface area contributed by atoms with Gasteiger partial charge in [-0.25, -0.2) is 0 Å². The minimum absolute atomic E-state index is 0.00850. The number of aromatic nitrogens is 1. The molecule has 1 unspecified atom stereocenters. The molecule has 4 rings (SSSR count). The number of aryl methyl sites for hydroxylation is 1. The summed E-state index contributed by atoms with van der Waals surface area (Å²) in [5.41, 5.74) is -1.53. The highest BCUT2D eigenvalue weighted by Crippen LogP contribution is 2.59. The molecule has 1 aliphatic heterocycles. The molecule has 1 aromatic heterocycles. The molecule has 166 valence electrons. The van der Waals surface area contributed by atoms with E-state index < -0.39 is 35.2 Å². The number of amides is 1. The molecule has 0 spiro atoms. The average Bonchev–Trinajstić information content (AvgIpc) is 3.38. The average molecular weight is 442 g/mol. The second-order valence-corrected chi connectivity index (χ2v) is 8.30. The maximum absolute atomic E-state index is 13.8. The number of hydrogen-bond donors (Lipinski definition) is 0.